The molecule has 2 rings (SSSR count). The van der Waals surface area contributed by atoms with E-state index in [1.807, 2.05) is 13.0 Å². The van der Waals surface area contributed by atoms with Gasteiger partial charge in [0.2, 0.25) is 0 Å². The van der Waals surface area contributed by atoms with E-state index in [0.29, 0.717) is 10.3 Å². The van der Waals surface area contributed by atoms with Crippen molar-refractivity contribution in [3.05, 3.63) is 34.1 Å². The summed E-state index contributed by atoms with van der Waals surface area (Å²) in [5.74, 6) is 0.333. The Labute approximate surface area is 108 Å². The van der Waals surface area contributed by atoms with Gasteiger partial charge >= 0.3 is 0 Å². The number of hydrogen-bond donors (Lipinski definition) is 1. The van der Waals surface area contributed by atoms with Crippen molar-refractivity contribution in [2.75, 3.05) is 5.73 Å². The minimum atomic E-state index is -0.297. The molecule has 0 fully saturated rings. The van der Waals surface area contributed by atoms with Crippen LogP contribution in [-0.4, -0.2) is 9.78 Å². The molecule has 0 saturated carbocycles. The highest BCUT2D eigenvalue weighted by atomic mass is 79.9. The molecule has 0 aliphatic carbocycles. The molecule has 0 atom stereocenters. The summed E-state index contributed by atoms with van der Waals surface area (Å²) in [5, 5.41) is 4.33. The van der Waals surface area contributed by atoms with Gasteiger partial charge in [-0.3, -0.25) is 4.68 Å². The van der Waals surface area contributed by atoms with E-state index in [1.165, 1.54) is 6.07 Å². The van der Waals surface area contributed by atoms with Gasteiger partial charge in [-0.2, -0.15) is 5.10 Å². The van der Waals surface area contributed by atoms with E-state index < -0.39 is 0 Å². The van der Waals surface area contributed by atoms with E-state index in [4.69, 9.17) is 5.73 Å². The zero-order valence-electron chi connectivity index (χ0n) is 9.67. The lowest BCUT2D eigenvalue weighted by Crippen LogP contribution is -1.98. The highest BCUT2D eigenvalue weighted by Crippen LogP contribution is 2.29. The average Bonchev–Trinajstić information content (AvgIpc) is 2.59. The van der Waals surface area contributed by atoms with Crippen molar-refractivity contribution in [3.63, 3.8) is 0 Å². The van der Waals surface area contributed by atoms with Crippen LogP contribution in [0.4, 0.5) is 10.2 Å². The molecule has 5 heteroatoms. The Morgan fingerprint density at radius 2 is 2.18 bits per heavy atom. The third kappa shape index (κ3) is 2.07. The summed E-state index contributed by atoms with van der Waals surface area (Å²) in [4.78, 5) is 0. The summed E-state index contributed by atoms with van der Waals surface area (Å²) in [6.07, 6.45) is 0.771. The third-order valence-corrected chi connectivity index (χ3v) is 3.38. The number of hydrogen-bond acceptors (Lipinski definition) is 2. The molecular formula is C12H13BrFN3. The highest BCUT2D eigenvalue weighted by molar-refractivity contribution is 9.10. The van der Waals surface area contributed by atoms with Crippen LogP contribution in [0.2, 0.25) is 0 Å². The summed E-state index contributed by atoms with van der Waals surface area (Å²) in [6.45, 7) is 2.01. The van der Waals surface area contributed by atoms with Crippen LogP contribution in [0, 0.1) is 5.82 Å². The first-order valence-electron chi connectivity index (χ1n) is 5.31. The van der Waals surface area contributed by atoms with E-state index in [1.54, 1.807) is 17.8 Å². The predicted octanol–water partition coefficient (Wildman–Crippen LogP) is 3.13. The molecule has 0 saturated heterocycles. The average molecular weight is 298 g/mol. The van der Waals surface area contributed by atoms with Crippen LogP contribution in [0.5, 0.6) is 0 Å². The molecule has 2 N–H and O–H groups in total. The van der Waals surface area contributed by atoms with Crippen LogP contribution in [0.25, 0.3) is 11.3 Å². The minimum absolute atomic E-state index is 0.297. The van der Waals surface area contributed by atoms with Crippen molar-refractivity contribution in [2.45, 2.75) is 13.3 Å². The number of benzene rings is 1. The summed E-state index contributed by atoms with van der Waals surface area (Å²) < 4.78 is 15.6. The van der Waals surface area contributed by atoms with Gasteiger partial charge in [-0.15, -0.1) is 0 Å². The summed E-state index contributed by atoms with van der Waals surface area (Å²) >= 11 is 3.13. The van der Waals surface area contributed by atoms with Crippen molar-refractivity contribution in [1.82, 2.24) is 9.78 Å². The van der Waals surface area contributed by atoms with Crippen molar-refractivity contribution < 1.29 is 4.39 Å². The lowest BCUT2D eigenvalue weighted by atomic mass is 10.1. The number of aryl methyl sites for hydroxylation is 1. The Morgan fingerprint density at radius 3 is 2.76 bits per heavy atom. The van der Waals surface area contributed by atoms with Crippen LogP contribution in [0.1, 0.15) is 12.5 Å². The maximum absolute atomic E-state index is 13.5. The largest absolute Gasteiger partial charge is 0.384 e. The Hall–Kier alpha value is -1.36. The number of nitrogens with two attached hydrogens (primary N) is 1. The molecule has 0 aliphatic rings. The van der Waals surface area contributed by atoms with E-state index in [-0.39, 0.29) is 5.82 Å². The molecule has 2 aromatic rings. The van der Waals surface area contributed by atoms with E-state index in [9.17, 15) is 4.39 Å². The normalized spacial score (nSPS) is 10.8. The molecule has 3 nitrogen and oxygen atoms in total. The molecule has 0 radical (unpaired) electrons. The van der Waals surface area contributed by atoms with Crippen LogP contribution in [-0.2, 0) is 13.5 Å². The van der Waals surface area contributed by atoms with Gasteiger partial charge in [-0.25, -0.2) is 4.39 Å². The summed E-state index contributed by atoms with van der Waals surface area (Å²) in [5.41, 5.74) is 8.36. The quantitative estimate of drug-likeness (QED) is 0.925. The lowest BCUT2D eigenvalue weighted by molar-refractivity contribution is 0.621. The fourth-order valence-electron chi connectivity index (χ4n) is 1.80. The SMILES string of the molecule is CCc1c(-c2ccc(Br)c(F)c2)nn(C)c1N. The summed E-state index contributed by atoms with van der Waals surface area (Å²) in [6, 6.07) is 4.97. The topological polar surface area (TPSA) is 43.8 Å². The monoisotopic (exact) mass is 297 g/mol. The van der Waals surface area contributed by atoms with Gasteiger partial charge in [-0.05, 0) is 34.5 Å². The van der Waals surface area contributed by atoms with Gasteiger partial charge in [-0.1, -0.05) is 13.0 Å². The maximum atomic E-state index is 13.5. The van der Waals surface area contributed by atoms with Crippen LogP contribution in [0.15, 0.2) is 22.7 Å². The van der Waals surface area contributed by atoms with Crippen molar-refractivity contribution in [2.24, 2.45) is 7.05 Å². The summed E-state index contributed by atoms with van der Waals surface area (Å²) in [7, 11) is 1.78. The molecule has 0 unspecified atom stereocenters. The van der Waals surface area contributed by atoms with Gasteiger partial charge in [0.1, 0.15) is 11.6 Å². The minimum Gasteiger partial charge on any atom is -0.384 e. The molecule has 0 aliphatic heterocycles. The second-order valence-corrected chi connectivity index (χ2v) is 4.67. The third-order valence-electron chi connectivity index (χ3n) is 2.74. The van der Waals surface area contributed by atoms with Gasteiger partial charge in [0.05, 0.1) is 10.2 Å². The second kappa shape index (κ2) is 4.49. The Morgan fingerprint density at radius 1 is 1.47 bits per heavy atom. The first-order valence-corrected chi connectivity index (χ1v) is 6.10. The van der Waals surface area contributed by atoms with Crippen molar-refractivity contribution in [1.29, 1.82) is 0 Å². The number of nitrogen functional groups attached to an aromatic ring is 1. The van der Waals surface area contributed by atoms with Crippen molar-refractivity contribution in [3.8, 4) is 11.3 Å². The number of rotatable bonds is 2. The zero-order valence-corrected chi connectivity index (χ0v) is 11.3. The number of aromatic nitrogens is 2. The molecule has 1 aromatic carbocycles. The zero-order chi connectivity index (χ0) is 12.6. The van der Waals surface area contributed by atoms with E-state index in [2.05, 4.69) is 21.0 Å². The maximum Gasteiger partial charge on any atom is 0.138 e. The van der Waals surface area contributed by atoms with Gasteiger partial charge in [0.25, 0.3) is 0 Å². The smallest absolute Gasteiger partial charge is 0.138 e. The Bertz CT molecular complexity index is 563. The number of anilines is 1. The van der Waals surface area contributed by atoms with E-state index in [0.717, 1.165) is 23.2 Å². The second-order valence-electron chi connectivity index (χ2n) is 3.82. The molecule has 1 heterocycles. The van der Waals surface area contributed by atoms with Gasteiger partial charge < -0.3 is 5.73 Å². The first-order chi connectivity index (χ1) is 8.04. The fourth-order valence-corrected chi connectivity index (χ4v) is 2.05. The predicted molar refractivity (Wildman–Crippen MR) is 70.1 cm³/mol. The van der Waals surface area contributed by atoms with Crippen molar-refractivity contribution >= 4 is 21.7 Å². The van der Waals surface area contributed by atoms with Crippen LogP contribution < -0.4 is 5.73 Å². The van der Waals surface area contributed by atoms with Crippen LogP contribution >= 0.6 is 15.9 Å². The van der Waals surface area contributed by atoms with Gasteiger partial charge in [0.15, 0.2) is 0 Å². The molecule has 0 spiro atoms. The first kappa shape index (κ1) is 12.1. The number of nitrogens with zero attached hydrogens (tertiary/aromatic N) is 2. The molecule has 90 valence electrons. The molecule has 17 heavy (non-hydrogen) atoms. The Balaban J connectivity index is 2.60. The molecule has 0 bridgehead atoms. The molecule has 0 amide bonds. The molecular weight excluding hydrogens is 285 g/mol. The van der Waals surface area contributed by atoms with Crippen LogP contribution in [0.3, 0.4) is 0 Å². The molecule has 1 aromatic heterocycles. The number of halogens is 2. The standard InChI is InChI=1S/C12H13BrFN3/c1-3-8-11(16-17(2)12(8)15)7-4-5-9(13)10(14)6-7/h4-6H,3,15H2,1-2H3. The Kier molecular flexibility index (Phi) is 3.19. The highest BCUT2D eigenvalue weighted by Gasteiger charge is 2.14. The van der Waals surface area contributed by atoms with E-state index >= 15 is 0 Å². The van der Waals surface area contributed by atoms with Gasteiger partial charge in [0, 0.05) is 18.2 Å². The fraction of sp³-hybridized carbons (Fsp3) is 0.250. The lowest BCUT2D eigenvalue weighted by Gasteiger charge is -2.02.